The highest BCUT2D eigenvalue weighted by atomic mass is 16.5. The van der Waals surface area contributed by atoms with E-state index < -0.39 is 0 Å². The van der Waals surface area contributed by atoms with Gasteiger partial charge in [0, 0.05) is 12.1 Å². The van der Waals surface area contributed by atoms with Crippen LogP contribution in [0.25, 0.3) is 11.3 Å². The minimum atomic E-state index is -0.242. The third kappa shape index (κ3) is 2.76. The Morgan fingerprint density at radius 1 is 1.37 bits per heavy atom. The highest BCUT2D eigenvalue weighted by molar-refractivity contribution is 5.63. The second-order valence-electron chi connectivity index (χ2n) is 4.25. The zero-order valence-electron chi connectivity index (χ0n) is 11.1. The molecule has 0 saturated heterocycles. The summed E-state index contributed by atoms with van der Waals surface area (Å²) in [6, 6.07) is 9.10. The molecule has 0 bridgehead atoms. The number of nitrogen functional groups attached to an aromatic ring is 1. The Balaban J connectivity index is 2.52. The van der Waals surface area contributed by atoms with Crippen molar-refractivity contribution in [3.63, 3.8) is 0 Å². The van der Waals surface area contributed by atoms with Crippen LogP contribution in [0.1, 0.15) is 13.3 Å². The maximum Gasteiger partial charge on any atom is 0.289 e. The van der Waals surface area contributed by atoms with Crippen molar-refractivity contribution in [2.75, 3.05) is 12.8 Å². The maximum atomic E-state index is 11.8. The molecule has 1 aromatic carbocycles. The second-order valence-corrected chi connectivity index (χ2v) is 4.25. The molecule has 2 N–H and O–H groups in total. The summed E-state index contributed by atoms with van der Waals surface area (Å²) < 4.78 is 6.59. The summed E-state index contributed by atoms with van der Waals surface area (Å²) in [6.45, 7) is 2.55. The highest BCUT2D eigenvalue weighted by Gasteiger charge is 2.08. The van der Waals surface area contributed by atoms with Gasteiger partial charge in [0.1, 0.15) is 11.4 Å². The van der Waals surface area contributed by atoms with E-state index >= 15 is 0 Å². The minimum absolute atomic E-state index is 0.210. The fraction of sp³-hybridized carbons (Fsp3) is 0.286. The van der Waals surface area contributed by atoms with Gasteiger partial charge < -0.3 is 10.5 Å². The molecule has 1 heterocycles. The van der Waals surface area contributed by atoms with Gasteiger partial charge >= 0.3 is 0 Å². The first-order chi connectivity index (χ1) is 9.15. The molecule has 5 heteroatoms. The van der Waals surface area contributed by atoms with Gasteiger partial charge in [0.15, 0.2) is 0 Å². The Labute approximate surface area is 111 Å². The van der Waals surface area contributed by atoms with Gasteiger partial charge in [-0.15, -0.1) is 0 Å². The molecule has 0 radical (unpaired) electrons. The predicted octanol–water partition coefficient (Wildman–Crippen LogP) is 1.91. The van der Waals surface area contributed by atoms with E-state index in [0.717, 1.165) is 17.7 Å². The van der Waals surface area contributed by atoms with Gasteiger partial charge in [-0.25, -0.2) is 4.68 Å². The van der Waals surface area contributed by atoms with Crippen molar-refractivity contribution >= 4 is 5.69 Å². The largest absolute Gasteiger partial charge is 0.497 e. The second kappa shape index (κ2) is 5.56. The van der Waals surface area contributed by atoms with E-state index in [1.165, 1.54) is 4.68 Å². The predicted molar refractivity (Wildman–Crippen MR) is 75.2 cm³/mol. The van der Waals surface area contributed by atoms with E-state index in [0.29, 0.717) is 12.2 Å². The van der Waals surface area contributed by atoms with Crippen molar-refractivity contribution in [1.82, 2.24) is 9.78 Å². The fourth-order valence-electron chi connectivity index (χ4n) is 1.85. The number of hydrogen-bond acceptors (Lipinski definition) is 4. The molecule has 100 valence electrons. The lowest BCUT2D eigenvalue weighted by Gasteiger charge is -2.08. The first kappa shape index (κ1) is 13.1. The monoisotopic (exact) mass is 259 g/mol. The molecule has 0 atom stereocenters. The lowest BCUT2D eigenvalue weighted by Crippen LogP contribution is -2.25. The number of methoxy groups -OCH3 is 1. The molecule has 2 rings (SSSR count). The molecule has 0 spiro atoms. The number of nitrogens with two attached hydrogens (primary N) is 1. The molecule has 19 heavy (non-hydrogen) atoms. The summed E-state index contributed by atoms with van der Waals surface area (Å²) in [4.78, 5) is 11.8. The quantitative estimate of drug-likeness (QED) is 0.910. The van der Waals surface area contributed by atoms with Crippen LogP contribution in [0, 0.1) is 0 Å². The topological polar surface area (TPSA) is 70.1 Å². The number of nitrogens with zero attached hydrogens (tertiary/aromatic N) is 2. The Morgan fingerprint density at radius 3 is 2.84 bits per heavy atom. The average Bonchev–Trinajstić information content (AvgIpc) is 2.44. The molecule has 1 aromatic heterocycles. The number of aromatic nitrogens is 2. The molecular weight excluding hydrogens is 242 g/mol. The van der Waals surface area contributed by atoms with Gasteiger partial charge in [0.2, 0.25) is 0 Å². The third-order valence-electron chi connectivity index (χ3n) is 2.80. The molecule has 0 aliphatic carbocycles. The Morgan fingerprint density at radius 2 is 2.16 bits per heavy atom. The molecule has 5 nitrogen and oxygen atoms in total. The molecule has 0 unspecified atom stereocenters. The molecule has 0 saturated carbocycles. The number of aryl methyl sites for hydroxylation is 1. The van der Waals surface area contributed by atoms with Gasteiger partial charge in [-0.1, -0.05) is 19.1 Å². The van der Waals surface area contributed by atoms with Crippen LogP contribution in [-0.4, -0.2) is 16.9 Å². The van der Waals surface area contributed by atoms with Gasteiger partial charge in [-0.2, -0.15) is 5.10 Å². The van der Waals surface area contributed by atoms with E-state index in [1.54, 1.807) is 13.2 Å². The lowest BCUT2D eigenvalue weighted by molar-refractivity contribution is 0.415. The number of ether oxygens (including phenoxy) is 1. The van der Waals surface area contributed by atoms with Crippen LogP contribution >= 0.6 is 0 Å². The van der Waals surface area contributed by atoms with Gasteiger partial charge in [0.25, 0.3) is 5.56 Å². The van der Waals surface area contributed by atoms with Crippen LogP contribution in [0.15, 0.2) is 35.1 Å². The molecule has 0 amide bonds. The molecule has 0 aliphatic rings. The maximum absolute atomic E-state index is 11.8. The first-order valence-corrected chi connectivity index (χ1v) is 6.17. The minimum Gasteiger partial charge on any atom is -0.497 e. The fourth-order valence-corrected chi connectivity index (χ4v) is 1.85. The first-order valence-electron chi connectivity index (χ1n) is 6.17. The Hall–Kier alpha value is -2.30. The zero-order chi connectivity index (χ0) is 13.8. The Kier molecular flexibility index (Phi) is 3.85. The van der Waals surface area contributed by atoms with E-state index in [4.69, 9.17) is 10.5 Å². The summed E-state index contributed by atoms with van der Waals surface area (Å²) >= 11 is 0. The van der Waals surface area contributed by atoms with Crippen molar-refractivity contribution in [3.05, 3.63) is 40.7 Å². The Bertz CT molecular complexity index is 635. The summed E-state index contributed by atoms with van der Waals surface area (Å²) in [5.74, 6) is 0.742. The molecule has 0 fully saturated rings. The number of benzene rings is 1. The van der Waals surface area contributed by atoms with E-state index in [-0.39, 0.29) is 11.2 Å². The summed E-state index contributed by atoms with van der Waals surface area (Å²) in [5.41, 5.74) is 7.26. The van der Waals surface area contributed by atoms with Crippen molar-refractivity contribution in [1.29, 1.82) is 0 Å². The van der Waals surface area contributed by atoms with Crippen LogP contribution in [0.4, 0.5) is 5.69 Å². The molecular formula is C14H17N3O2. The normalized spacial score (nSPS) is 10.4. The summed E-state index contributed by atoms with van der Waals surface area (Å²) in [5, 5.41) is 4.34. The molecule has 2 aromatic rings. The summed E-state index contributed by atoms with van der Waals surface area (Å²) in [6.07, 6.45) is 0.827. The van der Waals surface area contributed by atoms with Gasteiger partial charge in [0.05, 0.1) is 12.8 Å². The van der Waals surface area contributed by atoms with E-state index in [2.05, 4.69) is 5.10 Å². The zero-order valence-corrected chi connectivity index (χ0v) is 11.1. The lowest BCUT2D eigenvalue weighted by atomic mass is 10.1. The van der Waals surface area contributed by atoms with Crippen LogP contribution < -0.4 is 16.0 Å². The number of rotatable bonds is 4. The van der Waals surface area contributed by atoms with Crippen molar-refractivity contribution in [2.45, 2.75) is 19.9 Å². The average molecular weight is 259 g/mol. The van der Waals surface area contributed by atoms with Crippen molar-refractivity contribution in [2.24, 2.45) is 0 Å². The standard InChI is InChI=1S/C14H17N3O2/c1-3-7-17-14(18)12(15)9-13(16-17)10-5-4-6-11(8-10)19-2/h4-6,8-9H,3,7,15H2,1-2H3. The number of anilines is 1. The van der Waals surface area contributed by atoms with Crippen molar-refractivity contribution < 1.29 is 4.74 Å². The third-order valence-corrected chi connectivity index (χ3v) is 2.80. The summed E-state index contributed by atoms with van der Waals surface area (Å²) in [7, 11) is 1.61. The van der Waals surface area contributed by atoms with Crippen LogP contribution in [0.3, 0.4) is 0 Å². The van der Waals surface area contributed by atoms with Crippen LogP contribution in [0.5, 0.6) is 5.75 Å². The number of hydrogen-bond donors (Lipinski definition) is 1. The van der Waals surface area contributed by atoms with Crippen molar-refractivity contribution in [3.8, 4) is 17.0 Å². The van der Waals surface area contributed by atoms with Crippen LogP contribution in [-0.2, 0) is 6.54 Å². The van der Waals surface area contributed by atoms with E-state index in [1.807, 2.05) is 31.2 Å². The molecule has 0 aliphatic heterocycles. The van der Waals surface area contributed by atoms with Gasteiger partial charge in [-0.05, 0) is 24.6 Å². The van der Waals surface area contributed by atoms with Crippen LogP contribution in [0.2, 0.25) is 0 Å². The smallest absolute Gasteiger partial charge is 0.289 e. The highest BCUT2D eigenvalue weighted by Crippen LogP contribution is 2.22. The van der Waals surface area contributed by atoms with Gasteiger partial charge in [-0.3, -0.25) is 4.79 Å². The SMILES string of the molecule is CCCn1nc(-c2cccc(OC)c2)cc(N)c1=O. The van der Waals surface area contributed by atoms with E-state index in [9.17, 15) is 4.79 Å².